The van der Waals surface area contributed by atoms with Gasteiger partial charge in [-0.15, -0.1) is 0 Å². The number of imidazole rings is 1. The molecule has 1 aromatic heterocycles. The summed E-state index contributed by atoms with van der Waals surface area (Å²) in [5, 5.41) is 8.98. The van der Waals surface area contributed by atoms with Gasteiger partial charge < -0.3 is 5.11 Å². The summed E-state index contributed by atoms with van der Waals surface area (Å²) < 4.78 is 1.56. The van der Waals surface area contributed by atoms with Gasteiger partial charge in [-0.05, 0) is 29.5 Å². The van der Waals surface area contributed by atoms with Gasteiger partial charge in [0.25, 0.3) is 0 Å². The summed E-state index contributed by atoms with van der Waals surface area (Å²) in [7, 11) is 0. The van der Waals surface area contributed by atoms with Crippen LogP contribution >= 0.6 is 0 Å². The number of hydrogen-bond acceptors (Lipinski definition) is 2. The molecular weight excluding hydrogens is 264 g/mol. The predicted molar refractivity (Wildman–Crippen MR) is 85.1 cm³/mol. The van der Waals surface area contributed by atoms with Crippen molar-refractivity contribution in [2.45, 2.75) is 40.5 Å². The first kappa shape index (κ1) is 17.0. The molecule has 2 rings (SSSR count). The van der Waals surface area contributed by atoms with Crippen LogP contribution in [0.2, 0.25) is 0 Å². The topological polar surface area (TPSA) is 55.1 Å². The standard InChI is InChI=1S/C13H14N2O2.C4H10/c1-9(2)10-3-5-11(6-4-10)15-8-7-14-12(15)13(16)17;1-4(2)3/h3-9H,1-2H3,(H,16,17);4H,1-3H3. The van der Waals surface area contributed by atoms with E-state index in [1.165, 1.54) is 11.8 Å². The van der Waals surface area contributed by atoms with Crippen LogP contribution in [0.4, 0.5) is 0 Å². The van der Waals surface area contributed by atoms with Crippen LogP contribution in [0.25, 0.3) is 5.69 Å². The van der Waals surface area contributed by atoms with Crippen molar-refractivity contribution in [2.75, 3.05) is 0 Å². The number of carboxylic acid groups (broad SMARTS) is 1. The van der Waals surface area contributed by atoms with Crippen LogP contribution in [0.15, 0.2) is 36.7 Å². The average molecular weight is 288 g/mol. The molecule has 1 aromatic carbocycles. The molecule has 4 nitrogen and oxygen atoms in total. The highest BCUT2D eigenvalue weighted by atomic mass is 16.4. The number of nitrogens with zero attached hydrogens (tertiary/aromatic N) is 2. The van der Waals surface area contributed by atoms with Crippen molar-refractivity contribution < 1.29 is 9.90 Å². The monoisotopic (exact) mass is 288 g/mol. The summed E-state index contributed by atoms with van der Waals surface area (Å²) in [6.45, 7) is 10.7. The molecular formula is C17H24N2O2. The van der Waals surface area contributed by atoms with Crippen LogP contribution in [-0.4, -0.2) is 20.6 Å². The first-order chi connectivity index (χ1) is 9.82. The van der Waals surface area contributed by atoms with E-state index >= 15 is 0 Å². The minimum Gasteiger partial charge on any atom is -0.475 e. The molecule has 0 unspecified atom stereocenters. The molecule has 0 atom stereocenters. The van der Waals surface area contributed by atoms with Crippen molar-refractivity contribution in [3.05, 3.63) is 48.0 Å². The Morgan fingerprint density at radius 3 is 2.05 bits per heavy atom. The molecule has 0 spiro atoms. The van der Waals surface area contributed by atoms with E-state index in [4.69, 9.17) is 5.11 Å². The maximum absolute atomic E-state index is 10.9. The van der Waals surface area contributed by atoms with Crippen molar-refractivity contribution >= 4 is 5.97 Å². The first-order valence-corrected chi connectivity index (χ1v) is 7.20. The smallest absolute Gasteiger partial charge is 0.372 e. The highest BCUT2D eigenvalue weighted by Gasteiger charge is 2.11. The molecule has 0 amide bonds. The Morgan fingerprint density at radius 2 is 1.62 bits per heavy atom. The Morgan fingerprint density at radius 1 is 1.10 bits per heavy atom. The summed E-state index contributed by atoms with van der Waals surface area (Å²) in [5.74, 6) is 0.302. The van der Waals surface area contributed by atoms with Gasteiger partial charge >= 0.3 is 5.97 Å². The zero-order valence-electron chi connectivity index (χ0n) is 13.4. The van der Waals surface area contributed by atoms with Gasteiger partial charge in [0.2, 0.25) is 5.82 Å². The highest BCUT2D eigenvalue weighted by molar-refractivity contribution is 5.84. The summed E-state index contributed by atoms with van der Waals surface area (Å²) in [4.78, 5) is 14.8. The number of rotatable bonds is 3. The van der Waals surface area contributed by atoms with E-state index in [1.54, 1.807) is 10.8 Å². The minimum atomic E-state index is -1.03. The third-order valence-corrected chi connectivity index (χ3v) is 2.67. The molecule has 21 heavy (non-hydrogen) atoms. The Labute approximate surface area is 126 Å². The zero-order valence-corrected chi connectivity index (χ0v) is 13.4. The second-order valence-electron chi connectivity index (χ2n) is 5.90. The van der Waals surface area contributed by atoms with Crippen molar-refractivity contribution in [1.82, 2.24) is 9.55 Å². The fraction of sp³-hybridized carbons (Fsp3) is 0.412. The second-order valence-corrected chi connectivity index (χ2v) is 5.90. The number of carbonyl (C=O) groups is 1. The quantitative estimate of drug-likeness (QED) is 0.913. The fourth-order valence-corrected chi connectivity index (χ4v) is 1.69. The van der Waals surface area contributed by atoms with E-state index < -0.39 is 5.97 Å². The van der Waals surface area contributed by atoms with E-state index in [-0.39, 0.29) is 5.82 Å². The molecule has 1 heterocycles. The lowest BCUT2D eigenvalue weighted by molar-refractivity contribution is 0.0681. The third kappa shape index (κ3) is 5.06. The summed E-state index contributed by atoms with van der Waals surface area (Å²) in [6.07, 6.45) is 3.13. The SMILES string of the molecule is CC(C)C.CC(C)c1ccc(-n2ccnc2C(=O)O)cc1. The van der Waals surface area contributed by atoms with E-state index in [9.17, 15) is 4.79 Å². The third-order valence-electron chi connectivity index (χ3n) is 2.67. The van der Waals surface area contributed by atoms with Crippen LogP contribution in [-0.2, 0) is 0 Å². The lowest BCUT2D eigenvalue weighted by Gasteiger charge is -2.08. The summed E-state index contributed by atoms with van der Waals surface area (Å²) in [5.41, 5.74) is 2.04. The lowest BCUT2D eigenvalue weighted by Crippen LogP contribution is -2.07. The number of aromatic carboxylic acids is 1. The van der Waals surface area contributed by atoms with Gasteiger partial charge in [0, 0.05) is 18.1 Å². The average Bonchev–Trinajstić information content (AvgIpc) is 2.87. The van der Waals surface area contributed by atoms with Gasteiger partial charge in [-0.25, -0.2) is 9.78 Å². The van der Waals surface area contributed by atoms with Crippen molar-refractivity contribution in [3.63, 3.8) is 0 Å². The van der Waals surface area contributed by atoms with Gasteiger partial charge in [0.15, 0.2) is 0 Å². The maximum atomic E-state index is 10.9. The van der Waals surface area contributed by atoms with Crippen LogP contribution in [0.3, 0.4) is 0 Å². The van der Waals surface area contributed by atoms with Crippen molar-refractivity contribution in [3.8, 4) is 5.69 Å². The van der Waals surface area contributed by atoms with Crippen molar-refractivity contribution in [1.29, 1.82) is 0 Å². The number of benzene rings is 1. The molecule has 0 aliphatic heterocycles. The molecule has 0 saturated carbocycles. The van der Waals surface area contributed by atoms with Gasteiger partial charge in [0.1, 0.15) is 0 Å². The zero-order chi connectivity index (χ0) is 16.0. The minimum absolute atomic E-state index is 0.0299. The molecule has 114 valence electrons. The lowest BCUT2D eigenvalue weighted by atomic mass is 10.0. The summed E-state index contributed by atoms with van der Waals surface area (Å²) in [6, 6.07) is 7.82. The van der Waals surface area contributed by atoms with Crippen LogP contribution < -0.4 is 0 Å². The van der Waals surface area contributed by atoms with Gasteiger partial charge in [-0.2, -0.15) is 0 Å². The second kappa shape index (κ2) is 7.62. The normalized spacial score (nSPS) is 10.4. The maximum Gasteiger partial charge on any atom is 0.372 e. The predicted octanol–water partition coefficient (Wildman–Crippen LogP) is 4.36. The molecule has 0 bridgehead atoms. The van der Waals surface area contributed by atoms with E-state index in [0.717, 1.165) is 11.6 Å². The number of aromatic nitrogens is 2. The van der Waals surface area contributed by atoms with Gasteiger partial charge in [-0.1, -0.05) is 46.8 Å². The Hall–Kier alpha value is -2.10. The molecule has 0 radical (unpaired) electrons. The number of hydrogen-bond donors (Lipinski definition) is 1. The molecule has 0 saturated heterocycles. The van der Waals surface area contributed by atoms with E-state index in [2.05, 4.69) is 39.6 Å². The van der Waals surface area contributed by atoms with Gasteiger partial charge in [0.05, 0.1) is 0 Å². The molecule has 0 aliphatic carbocycles. The van der Waals surface area contributed by atoms with Crippen molar-refractivity contribution in [2.24, 2.45) is 5.92 Å². The Bertz CT molecular complexity index is 566. The molecule has 0 fully saturated rings. The largest absolute Gasteiger partial charge is 0.475 e. The van der Waals surface area contributed by atoms with Crippen LogP contribution in [0.5, 0.6) is 0 Å². The molecule has 0 aliphatic rings. The first-order valence-electron chi connectivity index (χ1n) is 7.20. The molecule has 2 aromatic rings. The molecule has 4 heteroatoms. The Balaban J connectivity index is 0.000000491. The van der Waals surface area contributed by atoms with E-state index in [1.807, 2.05) is 24.3 Å². The molecule has 1 N–H and O–H groups in total. The number of carboxylic acids is 1. The summed E-state index contributed by atoms with van der Waals surface area (Å²) >= 11 is 0. The van der Waals surface area contributed by atoms with Crippen LogP contribution in [0, 0.1) is 5.92 Å². The highest BCUT2D eigenvalue weighted by Crippen LogP contribution is 2.17. The Kier molecular flexibility index (Phi) is 6.15. The van der Waals surface area contributed by atoms with Gasteiger partial charge in [-0.3, -0.25) is 4.57 Å². The van der Waals surface area contributed by atoms with E-state index in [0.29, 0.717) is 5.92 Å². The van der Waals surface area contributed by atoms with Crippen LogP contribution in [0.1, 0.15) is 56.7 Å². The fourth-order valence-electron chi connectivity index (χ4n) is 1.69.